The second kappa shape index (κ2) is 11.8. The normalized spacial score (nSPS) is 13.4. The number of carbonyl (C=O) groups excluding carboxylic acids is 1. The molecule has 0 saturated heterocycles. The third-order valence-corrected chi connectivity index (χ3v) is 5.63. The highest BCUT2D eigenvalue weighted by Crippen LogP contribution is 2.46. The Morgan fingerprint density at radius 1 is 0.949 bits per heavy atom. The average molecular weight is 618 g/mol. The zero-order valence-electron chi connectivity index (χ0n) is 20.0. The molecule has 1 aromatic carbocycles. The Kier molecular flexibility index (Phi) is 9.83. The monoisotopic (exact) mass is 617 g/mol. The van der Waals surface area contributed by atoms with Gasteiger partial charge in [0.2, 0.25) is 12.2 Å². The quantitative estimate of drug-likeness (QED) is 0.187. The molecule has 2 aromatic rings. The molecule has 0 aliphatic carbocycles. The van der Waals surface area contributed by atoms with Gasteiger partial charge in [-0.3, -0.25) is 14.3 Å². The van der Waals surface area contributed by atoms with Crippen LogP contribution in [0.25, 0.3) is 0 Å². The molecule has 0 saturated carbocycles. The zero-order chi connectivity index (χ0) is 30.1. The summed E-state index contributed by atoms with van der Waals surface area (Å²) in [6, 6.07) is -0.287. The minimum absolute atomic E-state index is 0.0385. The number of alkyl halides is 9. The van der Waals surface area contributed by atoms with E-state index in [0.29, 0.717) is 4.57 Å². The van der Waals surface area contributed by atoms with E-state index in [9.17, 15) is 49.1 Å². The lowest BCUT2D eigenvalue weighted by atomic mass is 10.1. The van der Waals surface area contributed by atoms with Crippen LogP contribution in [0.2, 0.25) is 10.0 Å². The average Bonchev–Trinajstić information content (AvgIpc) is 2.79. The molecule has 18 heteroatoms. The highest BCUT2D eigenvalue weighted by Gasteiger charge is 2.44. The topological polar surface area (TPSA) is 73.7 Å². The molecule has 0 amide bonds. The van der Waals surface area contributed by atoms with Gasteiger partial charge in [0.15, 0.2) is 5.69 Å². The van der Waals surface area contributed by atoms with E-state index in [1.54, 1.807) is 0 Å². The second-order valence-electron chi connectivity index (χ2n) is 7.40. The molecule has 2 rings (SSSR count). The SMILES string of the molecule is CCOC(=O)C(OCC)N(c1cc(C(F)(F)F)cc(C(F)(F)F)c1Cl)c1nc(C(F)(F)F)c(Cl)c(=O)n1CC. The Morgan fingerprint density at radius 2 is 1.54 bits per heavy atom. The fourth-order valence-corrected chi connectivity index (χ4v) is 3.85. The van der Waals surface area contributed by atoms with Crippen molar-refractivity contribution in [1.29, 1.82) is 0 Å². The van der Waals surface area contributed by atoms with Gasteiger partial charge in [-0.05, 0) is 32.9 Å². The van der Waals surface area contributed by atoms with Gasteiger partial charge in [-0.15, -0.1) is 0 Å². The predicted molar refractivity (Wildman–Crippen MR) is 120 cm³/mol. The molecule has 1 unspecified atom stereocenters. The highest BCUT2D eigenvalue weighted by atomic mass is 35.5. The highest BCUT2D eigenvalue weighted by molar-refractivity contribution is 6.34. The van der Waals surface area contributed by atoms with Crippen molar-refractivity contribution in [2.45, 2.75) is 52.1 Å². The van der Waals surface area contributed by atoms with Crippen molar-refractivity contribution in [2.24, 2.45) is 0 Å². The van der Waals surface area contributed by atoms with Crippen molar-refractivity contribution in [3.05, 3.63) is 49.4 Å². The van der Waals surface area contributed by atoms with Gasteiger partial charge < -0.3 is 9.47 Å². The van der Waals surface area contributed by atoms with Gasteiger partial charge >= 0.3 is 24.5 Å². The number of hydrogen-bond donors (Lipinski definition) is 0. The van der Waals surface area contributed by atoms with Crippen LogP contribution in [0.4, 0.5) is 51.1 Å². The van der Waals surface area contributed by atoms with Crippen LogP contribution >= 0.6 is 23.2 Å². The number of rotatable bonds is 8. The van der Waals surface area contributed by atoms with Crippen LogP contribution in [0.3, 0.4) is 0 Å². The molecule has 1 aromatic heterocycles. The Balaban J connectivity index is 3.21. The summed E-state index contributed by atoms with van der Waals surface area (Å²) in [7, 11) is 0. The first kappa shape index (κ1) is 32.5. The van der Waals surface area contributed by atoms with E-state index in [2.05, 4.69) is 4.98 Å². The van der Waals surface area contributed by atoms with Crippen molar-refractivity contribution in [2.75, 3.05) is 18.1 Å². The molecular formula is C21H18Cl2F9N3O4. The van der Waals surface area contributed by atoms with Gasteiger partial charge in [-0.25, -0.2) is 9.78 Å². The molecule has 0 aliphatic rings. The molecule has 0 N–H and O–H groups in total. The third-order valence-electron chi connectivity index (χ3n) is 4.89. The largest absolute Gasteiger partial charge is 0.463 e. The molecule has 39 heavy (non-hydrogen) atoms. The molecule has 1 atom stereocenters. The van der Waals surface area contributed by atoms with Crippen molar-refractivity contribution in [1.82, 2.24) is 9.55 Å². The number of nitrogens with zero attached hydrogens (tertiary/aromatic N) is 3. The van der Waals surface area contributed by atoms with Crippen molar-refractivity contribution in [3.8, 4) is 0 Å². The summed E-state index contributed by atoms with van der Waals surface area (Å²) < 4.78 is 134. The van der Waals surface area contributed by atoms with Crippen LogP contribution in [-0.4, -0.2) is 35.0 Å². The van der Waals surface area contributed by atoms with E-state index < -0.39 is 87.9 Å². The maximum atomic E-state index is 13.7. The molecular weight excluding hydrogens is 600 g/mol. The summed E-state index contributed by atoms with van der Waals surface area (Å²) in [5, 5.41) is -2.91. The van der Waals surface area contributed by atoms with E-state index >= 15 is 0 Å². The molecule has 218 valence electrons. The standard InChI is InChI=1S/C21H18Cl2F9N3O4/c1-4-34-15(36)13(23)14(21(30,31)32)33-18(34)35(16(38-5-2)17(37)39-6-3)11-8-9(19(24,25)26)7-10(12(11)22)20(27,28)29/h7-8,16H,4-6H2,1-3H3. The first-order chi connectivity index (χ1) is 17.8. The maximum absolute atomic E-state index is 13.7. The molecule has 0 radical (unpaired) electrons. The number of halogens is 11. The van der Waals surface area contributed by atoms with Gasteiger partial charge in [-0.2, -0.15) is 39.5 Å². The predicted octanol–water partition coefficient (Wildman–Crippen LogP) is 6.69. The zero-order valence-corrected chi connectivity index (χ0v) is 21.5. The number of hydrogen-bond acceptors (Lipinski definition) is 6. The molecule has 7 nitrogen and oxygen atoms in total. The minimum Gasteiger partial charge on any atom is -0.463 e. The Hall–Kier alpha value is -2.72. The molecule has 0 bridgehead atoms. The van der Waals surface area contributed by atoms with Crippen LogP contribution in [-0.2, 0) is 39.3 Å². The first-order valence-corrected chi connectivity index (χ1v) is 11.5. The fourth-order valence-electron chi connectivity index (χ4n) is 3.29. The van der Waals surface area contributed by atoms with Crippen molar-refractivity contribution in [3.63, 3.8) is 0 Å². The lowest BCUT2D eigenvalue weighted by Crippen LogP contribution is -2.45. The van der Waals surface area contributed by atoms with Gasteiger partial charge in [0, 0.05) is 13.2 Å². The first-order valence-electron chi connectivity index (χ1n) is 10.7. The summed E-state index contributed by atoms with van der Waals surface area (Å²) in [6.07, 6.45) is -18.7. The second-order valence-corrected chi connectivity index (χ2v) is 8.16. The Labute approximate surface area is 224 Å². The van der Waals surface area contributed by atoms with Crippen LogP contribution in [0.5, 0.6) is 0 Å². The Morgan fingerprint density at radius 3 is 1.97 bits per heavy atom. The molecule has 0 fully saturated rings. The van der Waals surface area contributed by atoms with Crippen LogP contribution < -0.4 is 10.5 Å². The lowest BCUT2D eigenvalue weighted by Gasteiger charge is -2.34. The number of esters is 1. The number of benzene rings is 1. The number of ether oxygens (including phenoxy) is 2. The van der Waals surface area contributed by atoms with Gasteiger partial charge in [0.1, 0.15) is 5.02 Å². The maximum Gasteiger partial charge on any atom is 0.435 e. The van der Waals surface area contributed by atoms with Gasteiger partial charge in [0.25, 0.3) is 5.56 Å². The number of aromatic nitrogens is 2. The Bertz CT molecular complexity index is 1280. The summed E-state index contributed by atoms with van der Waals surface area (Å²) in [5.74, 6) is -2.71. The van der Waals surface area contributed by atoms with E-state index in [0.717, 1.165) is 0 Å². The van der Waals surface area contributed by atoms with E-state index in [4.69, 9.17) is 32.7 Å². The van der Waals surface area contributed by atoms with E-state index in [-0.39, 0.29) is 23.6 Å². The van der Waals surface area contributed by atoms with Crippen LogP contribution in [0.1, 0.15) is 37.6 Å². The fraction of sp³-hybridized carbons (Fsp3) is 0.476. The molecule has 0 aliphatic heterocycles. The number of carbonyl (C=O) groups is 1. The minimum atomic E-state index is -5.50. The summed E-state index contributed by atoms with van der Waals surface area (Å²) in [5.41, 5.74) is -8.89. The van der Waals surface area contributed by atoms with E-state index in [1.165, 1.54) is 20.8 Å². The molecule has 1 heterocycles. The van der Waals surface area contributed by atoms with E-state index in [1.807, 2.05) is 0 Å². The third kappa shape index (κ3) is 6.90. The van der Waals surface area contributed by atoms with Crippen LogP contribution in [0, 0.1) is 0 Å². The summed E-state index contributed by atoms with van der Waals surface area (Å²) in [6.45, 7) is 2.32. The smallest absolute Gasteiger partial charge is 0.435 e. The summed E-state index contributed by atoms with van der Waals surface area (Å²) in [4.78, 5) is 28.9. The van der Waals surface area contributed by atoms with Crippen LogP contribution in [0.15, 0.2) is 16.9 Å². The molecule has 0 spiro atoms. The number of anilines is 2. The van der Waals surface area contributed by atoms with Gasteiger partial charge in [0.05, 0.1) is 28.4 Å². The van der Waals surface area contributed by atoms with Crippen molar-refractivity contribution >= 4 is 40.8 Å². The lowest BCUT2D eigenvalue weighted by molar-refractivity contribution is -0.155. The summed E-state index contributed by atoms with van der Waals surface area (Å²) >= 11 is 11.4. The van der Waals surface area contributed by atoms with Crippen molar-refractivity contribution < 1.29 is 53.8 Å². The van der Waals surface area contributed by atoms with Gasteiger partial charge in [-0.1, -0.05) is 23.2 Å².